The van der Waals surface area contributed by atoms with Gasteiger partial charge in [-0.15, -0.1) is 0 Å². The zero-order valence-electron chi connectivity index (χ0n) is 12.5. The van der Waals surface area contributed by atoms with Gasteiger partial charge < -0.3 is 10.6 Å². The SMILES string of the molecule is Cc1cc(C2CCNC(=O)CC2)cc2c1CNC(=O)N2C. The molecule has 2 aliphatic heterocycles. The number of carbonyl (C=O) groups is 2. The molecule has 5 heteroatoms. The molecule has 112 valence electrons. The molecule has 0 spiro atoms. The van der Waals surface area contributed by atoms with Crippen LogP contribution in [0.5, 0.6) is 0 Å². The van der Waals surface area contributed by atoms with E-state index in [4.69, 9.17) is 0 Å². The summed E-state index contributed by atoms with van der Waals surface area (Å²) in [6, 6.07) is 4.28. The molecule has 0 saturated carbocycles. The van der Waals surface area contributed by atoms with E-state index in [2.05, 4.69) is 29.7 Å². The van der Waals surface area contributed by atoms with E-state index in [-0.39, 0.29) is 11.9 Å². The number of amides is 3. The highest BCUT2D eigenvalue weighted by molar-refractivity contribution is 5.94. The first-order valence-corrected chi connectivity index (χ1v) is 7.48. The maximum absolute atomic E-state index is 11.8. The van der Waals surface area contributed by atoms with Crippen LogP contribution in [0.15, 0.2) is 12.1 Å². The summed E-state index contributed by atoms with van der Waals surface area (Å²) < 4.78 is 0. The van der Waals surface area contributed by atoms with Gasteiger partial charge in [0.15, 0.2) is 0 Å². The Kier molecular flexibility index (Phi) is 3.57. The second-order valence-corrected chi connectivity index (χ2v) is 5.93. The summed E-state index contributed by atoms with van der Waals surface area (Å²) in [5.74, 6) is 0.523. The van der Waals surface area contributed by atoms with Gasteiger partial charge in [-0.2, -0.15) is 0 Å². The summed E-state index contributed by atoms with van der Waals surface area (Å²) in [4.78, 5) is 25.0. The molecule has 1 saturated heterocycles. The first-order chi connectivity index (χ1) is 10.1. The molecule has 0 aromatic heterocycles. The van der Waals surface area contributed by atoms with Crippen LogP contribution < -0.4 is 15.5 Å². The van der Waals surface area contributed by atoms with E-state index in [0.29, 0.717) is 18.9 Å². The fourth-order valence-corrected chi connectivity index (χ4v) is 3.24. The quantitative estimate of drug-likeness (QED) is 0.830. The van der Waals surface area contributed by atoms with Crippen LogP contribution >= 0.6 is 0 Å². The van der Waals surface area contributed by atoms with Gasteiger partial charge in [0, 0.05) is 26.6 Å². The van der Waals surface area contributed by atoms with Gasteiger partial charge in [-0.25, -0.2) is 4.79 Å². The Morgan fingerprint density at radius 1 is 1.19 bits per heavy atom. The minimum Gasteiger partial charge on any atom is -0.356 e. The number of nitrogens with zero attached hydrogens (tertiary/aromatic N) is 1. The third-order valence-electron chi connectivity index (χ3n) is 4.56. The largest absolute Gasteiger partial charge is 0.356 e. The number of fused-ring (bicyclic) bond motifs is 1. The van der Waals surface area contributed by atoms with E-state index in [1.807, 2.05) is 0 Å². The molecule has 1 aromatic carbocycles. The van der Waals surface area contributed by atoms with Crippen molar-refractivity contribution in [3.63, 3.8) is 0 Å². The van der Waals surface area contributed by atoms with Gasteiger partial charge in [-0.1, -0.05) is 6.07 Å². The number of urea groups is 1. The van der Waals surface area contributed by atoms with E-state index in [1.165, 1.54) is 16.7 Å². The Balaban J connectivity index is 1.95. The molecule has 0 aliphatic carbocycles. The average molecular weight is 287 g/mol. The molecule has 21 heavy (non-hydrogen) atoms. The van der Waals surface area contributed by atoms with Gasteiger partial charge in [0.1, 0.15) is 0 Å². The van der Waals surface area contributed by atoms with Gasteiger partial charge in [0.05, 0.1) is 5.69 Å². The molecule has 2 aliphatic rings. The van der Waals surface area contributed by atoms with Gasteiger partial charge in [0.2, 0.25) is 5.91 Å². The van der Waals surface area contributed by atoms with Crippen LogP contribution in [0, 0.1) is 6.92 Å². The van der Waals surface area contributed by atoms with E-state index < -0.39 is 0 Å². The topological polar surface area (TPSA) is 61.4 Å². The van der Waals surface area contributed by atoms with Crippen LogP contribution in [-0.4, -0.2) is 25.5 Å². The van der Waals surface area contributed by atoms with Crippen LogP contribution in [0.25, 0.3) is 0 Å². The van der Waals surface area contributed by atoms with Crippen molar-refractivity contribution in [2.24, 2.45) is 0 Å². The maximum Gasteiger partial charge on any atom is 0.321 e. The predicted molar refractivity (Wildman–Crippen MR) is 81.4 cm³/mol. The molecule has 2 heterocycles. The molecule has 5 nitrogen and oxygen atoms in total. The average Bonchev–Trinajstić information content (AvgIpc) is 2.68. The lowest BCUT2D eigenvalue weighted by molar-refractivity contribution is -0.120. The van der Waals surface area contributed by atoms with Gasteiger partial charge in [-0.3, -0.25) is 9.69 Å². The molecule has 3 amide bonds. The Morgan fingerprint density at radius 2 is 2.00 bits per heavy atom. The van der Waals surface area contributed by atoms with Gasteiger partial charge in [0.25, 0.3) is 0 Å². The van der Waals surface area contributed by atoms with Crippen molar-refractivity contribution in [2.75, 3.05) is 18.5 Å². The second kappa shape index (κ2) is 5.39. The van der Waals surface area contributed by atoms with E-state index in [9.17, 15) is 9.59 Å². The second-order valence-electron chi connectivity index (χ2n) is 5.93. The molecule has 3 rings (SSSR count). The van der Waals surface area contributed by atoms with E-state index in [0.717, 1.165) is 25.1 Å². The summed E-state index contributed by atoms with van der Waals surface area (Å²) in [6.07, 6.45) is 2.41. The highest BCUT2D eigenvalue weighted by Crippen LogP contribution is 2.34. The van der Waals surface area contributed by atoms with Crippen LogP contribution in [-0.2, 0) is 11.3 Å². The lowest BCUT2D eigenvalue weighted by atomic mass is 9.88. The molecule has 0 bridgehead atoms. The molecule has 1 unspecified atom stereocenters. The van der Waals surface area contributed by atoms with Crippen molar-refractivity contribution in [3.8, 4) is 0 Å². The minimum atomic E-state index is -0.0586. The van der Waals surface area contributed by atoms with Crippen LogP contribution in [0.4, 0.5) is 10.5 Å². The molecule has 1 atom stereocenters. The number of rotatable bonds is 1. The standard InChI is InChI=1S/C16H21N3O2/c1-10-7-12(11-3-4-15(20)17-6-5-11)8-14-13(10)9-18-16(21)19(14)2/h7-8,11H,3-6,9H2,1-2H3,(H,17,20)(H,18,21). The van der Waals surface area contributed by atoms with Crippen molar-refractivity contribution in [1.82, 2.24) is 10.6 Å². The number of aryl methyl sites for hydroxylation is 1. The minimum absolute atomic E-state index is 0.0586. The van der Waals surface area contributed by atoms with E-state index >= 15 is 0 Å². The first kappa shape index (κ1) is 13.9. The zero-order chi connectivity index (χ0) is 15.0. The molecular weight excluding hydrogens is 266 g/mol. The summed E-state index contributed by atoms with van der Waals surface area (Å²) >= 11 is 0. The van der Waals surface area contributed by atoms with Crippen molar-refractivity contribution in [3.05, 3.63) is 28.8 Å². The molecule has 1 fully saturated rings. The monoisotopic (exact) mass is 287 g/mol. The summed E-state index contributed by atoms with van der Waals surface area (Å²) in [5, 5.41) is 5.80. The van der Waals surface area contributed by atoms with Gasteiger partial charge in [-0.05, 0) is 48.4 Å². The lowest BCUT2D eigenvalue weighted by Crippen LogP contribution is -2.42. The highest BCUT2D eigenvalue weighted by Gasteiger charge is 2.25. The molecule has 0 radical (unpaired) electrons. The van der Waals surface area contributed by atoms with Crippen molar-refractivity contribution in [2.45, 2.75) is 38.6 Å². The summed E-state index contributed by atoms with van der Waals surface area (Å²) in [7, 11) is 1.80. The number of nitrogens with one attached hydrogen (secondary N) is 2. The van der Waals surface area contributed by atoms with E-state index in [1.54, 1.807) is 11.9 Å². The highest BCUT2D eigenvalue weighted by atomic mass is 16.2. The van der Waals surface area contributed by atoms with Crippen molar-refractivity contribution < 1.29 is 9.59 Å². The summed E-state index contributed by atoms with van der Waals surface area (Å²) in [6.45, 7) is 3.42. The smallest absolute Gasteiger partial charge is 0.321 e. The molecule has 1 aromatic rings. The number of anilines is 1. The summed E-state index contributed by atoms with van der Waals surface area (Å²) in [5.41, 5.74) is 4.63. The van der Waals surface area contributed by atoms with Crippen molar-refractivity contribution >= 4 is 17.6 Å². The number of hydrogen-bond acceptors (Lipinski definition) is 2. The zero-order valence-corrected chi connectivity index (χ0v) is 12.5. The van der Waals surface area contributed by atoms with Crippen LogP contribution in [0.2, 0.25) is 0 Å². The number of benzene rings is 1. The maximum atomic E-state index is 11.8. The fraction of sp³-hybridized carbons (Fsp3) is 0.500. The number of hydrogen-bond donors (Lipinski definition) is 2. The Hall–Kier alpha value is -2.04. The number of carbonyl (C=O) groups excluding carboxylic acids is 2. The van der Waals surface area contributed by atoms with Crippen LogP contribution in [0.3, 0.4) is 0 Å². The predicted octanol–water partition coefficient (Wildman–Crippen LogP) is 2.04. The molecule has 2 N–H and O–H groups in total. The third-order valence-corrected chi connectivity index (χ3v) is 4.56. The fourth-order valence-electron chi connectivity index (χ4n) is 3.24. The lowest BCUT2D eigenvalue weighted by Gasteiger charge is -2.29. The Bertz CT molecular complexity index is 597. The third kappa shape index (κ3) is 2.60. The Labute approximate surface area is 124 Å². The van der Waals surface area contributed by atoms with Crippen molar-refractivity contribution in [1.29, 1.82) is 0 Å². The molecular formula is C16H21N3O2. The van der Waals surface area contributed by atoms with Crippen LogP contribution in [0.1, 0.15) is 41.9 Å². The first-order valence-electron chi connectivity index (χ1n) is 7.48. The Morgan fingerprint density at radius 3 is 2.81 bits per heavy atom. The normalized spacial score (nSPS) is 22.2. The van der Waals surface area contributed by atoms with Gasteiger partial charge >= 0.3 is 6.03 Å².